The van der Waals surface area contributed by atoms with Crippen molar-refractivity contribution in [3.63, 3.8) is 0 Å². The SMILES string of the molecule is COC(=O)[C@H](NC(=O)C1Cc2c([nH]c3ccccc23)[C@@H](c2ccc(-c3ccccc3)cc2)N1C(=O)OC(C)(C)C)c1ccc(O)cc1. The van der Waals surface area contributed by atoms with Gasteiger partial charge in [0.05, 0.1) is 7.11 Å². The minimum atomic E-state index is -1.18. The molecular formula is C38H37N3O6. The van der Waals surface area contributed by atoms with Crippen LogP contribution in [0, 0.1) is 0 Å². The van der Waals surface area contributed by atoms with E-state index in [1.807, 2.05) is 78.9 Å². The summed E-state index contributed by atoms with van der Waals surface area (Å²) in [6, 6.07) is 28.7. The summed E-state index contributed by atoms with van der Waals surface area (Å²) in [5.41, 5.74) is 4.99. The van der Waals surface area contributed by atoms with Gasteiger partial charge >= 0.3 is 12.1 Å². The van der Waals surface area contributed by atoms with Crippen LogP contribution in [0.4, 0.5) is 4.79 Å². The number of rotatable bonds is 6. The van der Waals surface area contributed by atoms with Crippen molar-refractivity contribution in [2.75, 3.05) is 7.11 Å². The largest absolute Gasteiger partial charge is 0.508 e. The number of phenols is 1. The van der Waals surface area contributed by atoms with Gasteiger partial charge in [-0.15, -0.1) is 0 Å². The third-order valence-corrected chi connectivity index (χ3v) is 8.32. The van der Waals surface area contributed by atoms with Crippen molar-refractivity contribution in [2.24, 2.45) is 0 Å². The molecule has 1 aliphatic rings. The average Bonchev–Trinajstić information content (AvgIpc) is 3.44. The number of aromatic nitrogens is 1. The number of fused-ring (bicyclic) bond motifs is 3. The molecule has 1 aromatic heterocycles. The topological polar surface area (TPSA) is 121 Å². The van der Waals surface area contributed by atoms with Crippen molar-refractivity contribution in [3.05, 3.63) is 126 Å². The van der Waals surface area contributed by atoms with Crippen LogP contribution in [0.2, 0.25) is 0 Å². The zero-order chi connectivity index (χ0) is 33.3. The lowest BCUT2D eigenvalue weighted by Gasteiger charge is -2.42. The molecule has 1 aliphatic heterocycles. The van der Waals surface area contributed by atoms with Gasteiger partial charge in [0.25, 0.3) is 0 Å². The fraction of sp³-hybridized carbons (Fsp3) is 0.237. The molecule has 6 rings (SSSR count). The van der Waals surface area contributed by atoms with Crippen LogP contribution in [0.25, 0.3) is 22.0 Å². The number of nitrogens with one attached hydrogen (secondary N) is 2. The number of hydrogen-bond acceptors (Lipinski definition) is 6. The van der Waals surface area contributed by atoms with Gasteiger partial charge in [-0.1, -0.05) is 84.9 Å². The summed E-state index contributed by atoms with van der Waals surface area (Å²) in [6.07, 6.45) is -0.495. The van der Waals surface area contributed by atoms with E-state index in [2.05, 4.69) is 10.3 Å². The maximum absolute atomic E-state index is 14.4. The van der Waals surface area contributed by atoms with Gasteiger partial charge < -0.3 is 24.9 Å². The summed E-state index contributed by atoms with van der Waals surface area (Å²) in [5, 5.41) is 13.6. The first-order valence-corrected chi connectivity index (χ1v) is 15.5. The lowest BCUT2D eigenvalue weighted by Crippen LogP contribution is -2.56. The highest BCUT2D eigenvalue weighted by Crippen LogP contribution is 2.42. The molecule has 4 aromatic carbocycles. The van der Waals surface area contributed by atoms with Crippen LogP contribution in [-0.2, 0) is 25.5 Å². The second-order valence-corrected chi connectivity index (χ2v) is 12.6. The van der Waals surface area contributed by atoms with Crippen molar-refractivity contribution in [3.8, 4) is 16.9 Å². The molecule has 1 unspecified atom stereocenters. The fourth-order valence-corrected chi connectivity index (χ4v) is 6.17. The number of aromatic hydroxyl groups is 1. The molecule has 3 N–H and O–H groups in total. The minimum Gasteiger partial charge on any atom is -0.508 e. The predicted molar refractivity (Wildman–Crippen MR) is 179 cm³/mol. The second-order valence-electron chi connectivity index (χ2n) is 12.6. The van der Waals surface area contributed by atoms with Gasteiger partial charge in [0.15, 0.2) is 6.04 Å². The summed E-state index contributed by atoms with van der Waals surface area (Å²) >= 11 is 0. The molecule has 0 radical (unpaired) electrons. The lowest BCUT2D eigenvalue weighted by atomic mass is 9.87. The number of carbonyl (C=O) groups is 3. The number of para-hydroxylation sites is 1. The summed E-state index contributed by atoms with van der Waals surface area (Å²) in [7, 11) is 1.24. The number of amides is 2. The maximum Gasteiger partial charge on any atom is 0.411 e. The van der Waals surface area contributed by atoms with E-state index in [0.717, 1.165) is 38.9 Å². The average molecular weight is 632 g/mol. The number of nitrogens with zero attached hydrogens (tertiary/aromatic N) is 1. The number of methoxy groups -OCH3 is 1. The van der Waals surface area contributed by atoms with Crippen LogP contribution < -0.4 is 5.32 Å². The molecule has 0 aliphatic carbocycles. The summed E-state index contributed by atoms with van der Waals surface area (Å²) in [6.45, 7) is 5.33. The molecule has 9 nitrogen and oxygen atoms in total. The number of esters is 1. The molecule has 3 atom stereocenters. The first-order chi connectivity index (χ1) is 22.5. The van der Waals surface area contributed by atoms with Gasteiger partial charge in [-0.25, -0.2) is 9.59 Å². The van der Waals surface area contributed by atoms with E-state index in [-0.39, 0.29) is 12.2 Å². The molecule has 0 bridgehead atoms. The number of carbonyl (C=O) groups excluding carboxylic acids is 3. The highest BCUT2D eigenvalue weighted by atomic mass is 16.6. The van der Waals surface area contributed by atoms with Gasteiger partial charge in [0, 0.05) is 23.0 Å². The molecule has 47 heavy (non-hydrogen) atoms. The van der Waals surface area contributed by atoms with Crippen LogP contribution >= 0.6 is 0 Å². The maximum atomic E-state index is 14.4. The van der Waals surface area contributed by atoms with Crippen LogP contribution in [0.15, 0.2) is 103 Å². The Kier molecular flexibility index (Phi) is 8.47. The molecule has 2 amide bonds. The highest BCUT2D eigenvalue weighted by Gasteiger charge is 2.46. The smallest absolute Gasteiger partial charge is 0.411 e. The summed E-state index contributed by atoms with van der Waals surface area (Å²) < 4.78 is 11.0. The Morgan fingerprint density at radius 2 is 1.51 bits per heavy atom. The number of phenolic OH excluding ortho intramolecular Hbond substituents is 1. The zero-order valence-corrected chi connectivity index (χ0v) is 26.7. The van der Waals surface area contributed by atoms with Gasteiger partial charge in [0.2, 0.25) is 5.91 Å². The normalized spacial score (nSPS) is 16.6. The molecule has 0 spiro atoms. The molecule has 2 heterocycles. The number of ether oxygens (including phenoxy) is 2. The van der Waals surface area contributed by atoms with E-state index in [0.29, 0.717) is 5.56 Å². The summed E-state index contributed by atoms with van der Waals surface area (Å²) in [5.74, 6) is -1.23. The highest BCUT2D eigenvalue weighted by molar-refractivity contribution is 5.93. The van der Waals surface area contributed by atoms with Crippen LogP contribution in [0.3, 0.4) is 0 Å². The first kappa shape index (κ1) is 31.4. The van der Waals surface area contributed by atoms with E-state index < -0.39 is 41.7 Å². The van der Waals surface area contributed by atoms with Crippen molar-refractivity contribution in [1.82, 2.24) is 15.2 Å². The van der Waals surface area contributed by atoms with Crippen LogP contribution in [0.1, 0.15) is 55.2 Å². The number of H-pyrrole nitrogens is 1. The van der Waals surface area contributed by atoms with Crippen molar-refractivity contribution in [1.29, 1.82) is 0 Å². The van der Waals surface area contributed by atoms with E-state index in [9.17, 15) is 19.5 Å². The monoisotopic (exact) mass is 631 g/mol. The molecule has 9 heteroatoms. The van der Waals surface area contributed by atoms with Crippen LogP contribution in [0.5, 0.6) is 5.75 Å². The van der Waals surface area contributed by atoms with Gasteiger partial charge in [-0.2, -0.15) is 0 Å². The van der Waals surface area contributed by atoms with E-state index in [4.69, 9.17) is 9.47 Å². The standard InChI is InChI=1S/C38H37N3O6/c1-38(2,3)47-37(45)41-31(35(43)40-32(36(44)46-4)25-18-20-27(42)21-19-25)22-29-28-12-8-9-13-30(28)39-33(29)34(41)26-16-14-24(15-17-26)23-10-6-5-7-11-23/h5-21,31-32,34,39,42H,22H2,1-4H3,(H,40,43)/t31?,32-,34-/m1/s1. The molecule has 0 saturated heterocycles. The Hall–Kier alpha value is -5.57. The van der Waals surface area contributed by atoms with Crippen molar-refractivity contribution < 1.29 is 29.0 Å². The van der Waals surface area contributed by atoms with E-state index in [1.54, 1.807) is 32.9 Å². The van der Waals surface area contributed by atoms with Gasteiger partial charge in [-0.05, 0) is 66.8 Å². The third-order valence-electron chi connectivity index (χ3n) is 8.32. The third kappa shape index (κ3) is 6.42. The molecule has 5 aromatic rings. The molecular weight excluding hydrogens is 594 g/mol. The lowest BCUT2D eigenvalue weighted by molar-refractivity contribution is -0.146. The number of hydrogen-bond donors (Lipinski definition) is 3. The van der Waals surface area contributed by atoms with Gasteiger partial charge in [-0.3, -0.25) is 9.69 Å². The Morgan fingerprint density at radius 3 is 2.17 bits per heavy atom. The Bertz CT molecular complexity index is 1910. The Balaban J connectivity index is 1.48. The Labute approximate surface area is 273 Å². The van der Waals surface area contributed by atoms with E-state index in [1.165, 1.54) is 24.1 Å². The van der Waals surface area contributed by atoms with Crippen LogP contribution in [-0.4, -0.2) is 51.7 Å². The van der Waals surface area contributed by atoms with Crippen molar-refractivity contribution in [2.45, 2.75) is 50.9 Å². The van der Waals surface area contributed by atoms with Gasteiger partial charge in [0.1, 0.15) is 23.4 Å². The number of benzene rings is 4. The number of aromatic amines is 1. The second kappa shape index (κ2) is 12.7. The first-order valence-electron chi connectivity index (χ1n) is 15.5. The molecule has 240 valence electrons. The molecule has 0 fully saturated rings. The van der Waals surface area contributed by atoms with Crippen molar-refractivity contribution >= 4 is 28.9 Å². The fourth-order valence-electron chi connectivity index (χ4n) is 6.17. The van der Waals surface area contributed by atoms with E-state index >= 15 is 0 Å². The zero-order valence-electron chi connectivity index (χ0n) is 26.7. The minimum absolute atomic E-state index is 0.0139. The summed E-state index contributed by atoms with van der Waals surface area (Å²) in [4.78, 5) is 46.6. The quantitative estimate of drug-likeness (QED) is 0.177. The predicted octanol–water partition coefficient (Wildman–Crippen LogP) is 6.82. The molecule has 0 saturated carbocycles. The Morgan fingerprint density at radius 1 is 0.872 bits per heavy atom.